The molecule has 2 N–H and O–H groups in total. The number of nitrogens with one attached hydrogen (secondary N) is 1. The van der Waals surface area contributed by atoms with Crippen LogP contribution < -0.4 is 10.1 Å². The normalized spacial score (nSPS) is 20.7. The lowest BCUT2D eigenvalue weighted by molar-refractivity contribution is 0.0701. The van der Waals surface area contributed by atoms with Crippen LogP contribution in [0.2, 0.25) is 0 Å². The minimum atomic E-state index is -0.109. The molecule has 1 fully saturated rings. The molecule has 5 rings (SSSR count). The number of aliphatic hydroxyl groups excluding tert-OH is 1. The van der Waals surface area contributed by atoms with Crippen molar-refractivity contribution in [1.29, 1.82) is 0 Å². The molecule has 6 heteroatoms. The number of hydrogen-bond acceptors (Lipinski definition) is 5. The van der Waals surface area contributed by atoms with Gasteiger partial charge in [-0.05, 0) is 66.6 Å². The highest BCUT2D eigenvalue weighted by atomic mass is 16.5. The smallest absolute Gasteiger partial charge is 0.254 e. The zero-order valence-electron chi connectivity index (χ0n) is 18.4. The van der Waals surface area contributed by atoms with E-state index >= 15 is 0 Å². The van der Waals surface area contributed by atoms with Gasteiger partial charge in [-0.25, -0.2) is 0 Å². The Bertz CT molecular complexity index is 1210. The summed E-state index contributed by atoms with van der Waals surface area (Å²) in [5.74, 6) is 7.38. The number of rotatable bonds is 3. The van der Waals surface area contributed by atoms with Crippen LogP contribution in [-0.4, -0.2) is 47.2 Å². The molecule has 3 aromatic rings. The van der Waals surface area contributed by atoms with E-state index in [1.807, 2.05) is 41.3 Å². The first-order chi connectivity index (χ1) is 16.2. The molecule has 0 unspecified atom stereocenters. The van der Waals surface area contributed by atoms with Crippen molar-refractivity contribution in [2.24, 2.45) is 5.92 Å². The topological polar surface area (TPSA) is 74.7 Å². The molecule has 1 aromatic heterocycles. The average Bonchev–Trinajstić information content (AvgIpc) is 3.33. The van der Waals surface area contributed by atoms with Crippen molar-refractivity contribution in [3.05, 3.63) is 89.2 Å². The number of nitrogens with zero attached hydrogens (tertiary/aromatic N) is 2. The van der Waals surface area contributed by atoms with E-state index in [9.17, 15) is 9.90 Å². The number of aromatic nitrogens is 1. The third kappa shape index (κ3) is 4.04. The Morgan fingerprint density at radius 2 is 1.85 bits per heavy atom. The number of amides is 1. The summed E-state index contributed by atoms with van der Waals surface area (Å²) in [6.45, 7) is 0.673. The van der Waals surface area contributed by atoms with E-state index in [2.05, 4.69) is 28.2 Å². The summed E-state index contributed by atoms with van der Waals surface area (Å²) in [5.41, 5.74) is 4.41. The molecule has 0 saturated carbocycles. The number of anilines is 1. The summed E-state index contributed by atoms with van der Waals surface area (Å²) in [4.78, 5) is 19.3. The molecule has 6 nitrogen and oxygen atoms in total. The third-order valence-corrected chi connectivity index (χ3v) is 6.50. The molecule has 3 heterocycles. The maximum atomic E-state index is 13.3. The van der Waals surface area contributed by atoms with Crippen LogP contribution >= 0.6 is 0 Å². The van der Waals surface area contributed by atoms with Gasteiger partial charge in [0.15, 0.2) is 0 Å². The van der Waals surface area contributed by atoms with Gasteiger partial charge in [-0.3, -0.25) is 9.78 Å². The largest absolute Gasteiger partial charge is 0.497 e. The number of benzene rings is 2. The Balaban J connectivity index is 1.49. The molecule has 0 spiro atoms. The van der Waals surface area contributed by atoms with E-state index in [0.29, 0.717) is 12.1 Å². The minimum absolute atomic E-state index is 0.0100. The summed E-state index contributed by atoms with van der Waals surface area (Å²) in [5, 5.41) is 13.5. The van der Waals surface area contributed by atoms with Crippen LogP contribution in [0.15, 0.2) is 67.0 Å². The molecule has 0 bridgehead atoms. The molecule has 0 radical (unpaired) electrons. The Morgan fingerprint density at radius 1 is 1.12 bits per heavy atom. The fourth-order valence-electron chi connectivity index (χ4n) is 4.85. The first-order valence-electron chi connectivity index (χ1n) is 11.1. The molecular formula is C27H25N3O3. The molecular weight excluding hydrogens is 414 g/mol. The van der Waals surface area contributed by atoms with Crippen molar-refractivity contribution in [3.8, 4) is 17.6 Å². The Morgan fingerprint density at radius 3 is 2.58 bits per heavy atom. The maximum absolute atomic E-state index is 13.3. The molecule has 33 heavy (non-hydrogen) atoms. The van der Waals surface area contributed by atoms with Crippen molar-refractivity contribution < 1.29 is 14.6 Å². The molecule has 1 saturated heterocycles. The van der Waals surface area contributed by atoms with Crippen molar-refractivity contribution >= 4 is 11.6 Å². The SMILES string of the molecule is COc1ccc(C#Cc2ccc3c(c2)[C@H]2[C@H](CCN2C(=O)c2ccncc2)[C@@H](CO)N3)cc1. The van der Waals surface area contributed by atoms with Gasteiger partial charge in [0.25, 0.3) is 5.91 Å². The number of likely N-dealkylation sites (tertiary alicyclic amines) is 1. The highest BCUT2D eigenvalue weighted by Gasteiger charge is 2.45. The molecule has 2 aliphatic rings. The van der Waals surface area contributed by atoms with E-state index in [4.69, 9.17) is 4.74 Å². The molecule has 1 amide bonds. The van der Waals surface area contributed by atoms with Crippen molar-refractivity contribution in [3.63, 3.8) is 0 Å². The minimum Gasteiger partial charge on any atom is -0.497 e. The van der Waals surface area contributed by atoms with Crippen LogP contribution in [0.5, 0.6) is 5.75 Å². The number of carbonyl (C=O) groups excluding carboxylic acids is 1. The fraction of sp³-hybridized carbons (Fsp3) is 0.259. The molecule has 2 aliphatic heterocycles. The number of methoxy groups -OCH3 is 1. The molecule has 0 aliphatic carbocycles. The molecule has 2 aromatic carbocycles. The summed E-state index contributed by atoms with van der Waals surface area (Å²) in [7, 11) is 1.64. The van der Waals surface area contributed by atoms with Crippen LogP contribution in [0.3, 0.4) is 0 Å². The van der Waals surface area contributed by atoms with Gasteiger partial charge in [0.2, 0.25) is 0 Å². The Labute approximate surface area is 193 Å². The van der Waals surface area contributed by atoms with Gasteiger partial charge in [-0.2, -0.15) is 0 Å². The second kappa shape index (κ2) is 8.97. The van der Waals surface area contributed by atoms with Gasteiger partial charge in [0.1, 0.15) is 5.75 Å². The van der Waals surface area contributed by atoms with Crippen LogP contribution in [0.1, 0.15) is 39.5 Å². The zero-order chi connectivity index (χ0) is 22.8. The van der Waals surface area contributed by atoms with Crippen molar-refractivity contribution in [2.45, 2.75) is 18.5 Å². The number of hydrogen-bond donors (Lipinski definition) is 2. The predicted octanol–water partition coefficient (Wildman–Crippen LogP) is 3.48. The quantitative estimate of drug-likeness (QED) is 0.612. The number of pyridine rings is 1. The highest BCUT2D eigenvalue weighted by molar-refractivity contribution is 5.94. The number of fused-ring (bicyclic) bond motifs is 3. The average molecular weight is 440 g/mol. The Hall–Kier alpha value is -3.82. The monoisotopic (exact) mass is 439 g/mol. The fourth-order valence-corrected chi connectivity index (χ4v) is 4.85. The van der Waals surface area contributed by atoms with Crippen molar-refractivity contribution in [2.75, 3.05) is 25.6 Å². The van der Waals surface area contributed by atoms with Gasteiger partial charge in [0, 0.05) is 47.2 Å². The zero-order valence-corrected chi connectivity index (χ0v) is 18.4. The predicted molar refractivity (Wildman–Crippen MR) is 126 cm³/mol. The second-order valence-corrected chi connectivity index (χ2v) is 8.35. The third-order valence-electron chi connectivity index (χ3n) is 6.50. The van der Waals surface area contributed by atoms with Crippen LogP contribution in [0.4, 0.5) is 5.69 Å². The van der Waals surface area contributed by atoms with E-state index in [1.54, 1.807) is 31.6 Å². The summed E-state index contributed by atoms with van der Waals surface area (Å²) in [6, 6.07) is 17.0. The van der Waals surface area contributed by atoms with Gasteiger partial charge in [-0.15, -0.1) is 0 Å². The Kier molecular flexibility index (Phi) is 5.72. The second-order valence-electron chi connectivity index (χ2n) is 8.35. The van der Waals surface area contributed by atoms with Crippen molar-refractivity contribution in [1.82, 2.24) is 9.88 Å². The number of aliphatic hydroxyl groups is 1. The standard InChI is InChI=1S/C27H25N3O3/c1-33-21-7-4-18(5-8-21)2-3-19-6-9-24-23(16-19)26-22(25(17-31)29-24)12-15-30(26)27(32)20-10-13-28-14-11-20/h4-11,13-14,16,22,25-26,29,31H,12,15,17H2,1H3/t22-,25-,26-/m1/s1. The van der Waals surface area contributed by atoms with Crippen LogP contribution in [0, 0.1) is 17.8 Å². The van der Waals surface area contributed by atoms with Gasteiger partial charge >= 0.3 is 0 Å². The lowest BCUT2D eigenvalue weighted by Gasteiger charge is -2.39. The summed E-state index contributed by atoms with van der Waals surface area (Å²) >= 11 is 0. The lowest BCUT2D eigenvalue weighted by atomic mass is 9.82. The first-order valence-corrected chi connectivity index (χ1v) is 11.1. The van der Waals surface area contributed by atoms with E-state index in [1.165, 1.54) is 0 Å². The van der Waals surface area contributed by atoms with Crippen LogP contribution in [0.25, 0.3) is 0 Å². The van der Waals surface area contributed by atoms with Gasteiger partial charge in [-0.1, -0.05) is 11.8 Å². The number of carbonyl (C=O) groups is 1. The lowest BCUT2D eigenvalue weighted by Crippen LogP contribution is -2.42. The molecule has 166 valence electrons. The van der Waals surface area contributed by atoms with E-state index < -0.39 is 0 Å². The molecule has 3 atom stereocenters. The van der Waals surface area contributed by atoms with Crippen LogP contribution in [-0.2, 0) is 0 Å². The first kappa shape index (κ1) is 21.0. The maximum Gasteiger partial charge on any atom is 0.254 e. The van der Waals surface area contributed by atoms with Gasteiger partial charge < -0.3 is 20.1 Å². The van der Waals surface area contributed by atoms with E-state index in [0.717, 1.165) is 34.5 Å². The summed E-state index contributed by atoms with van der Waals surface area (Å²) in [6.07, 6.45) is 4.11. The summed E-state index contributed by atoms with van der Waals surface area (Å²) < 4.78 is 5.20. The number of ether oxygens (including phenoxy) is 1. The van der Waals surface area contributed by atoms with E-state index in [-0.39, 0.29) is 30.5 Å². The van der Waals surface area contributed by atoms with Gasteiger partial charge in [0.05, 0.1) is 25.8 Å². The highest BCUT2D eigenvalue weighted by Crippen LogP contribution is 2.47.